The third-order valence-corrected chi connectivity index (χ3v) is 4.07. The Hall–Kier alpha value is -2.75. The van der Waals surface area contributed by atoms with Crippen molar-refractivity contribution < 1.29 is 9.53 Å². The van der Waals surface area contributed by atoms with Gasteiger partial charge in [0.15, 0.2) is 6.61 Å². The molecule has 1 aromatic heterocycles. The molecule has 0 saturated carbocycles. The van der Waals surface area contributed by atoms with Gasteiger partial charge in [-0.15, -0.1) is 0 Å². The number of aromatic nitrogens is 1. The Kier molecular flexibility index (Phi) is 5.16. The van der Waals surface area contributed by atoms with Crippen molar-refractivity contribution in [3.8, 4) is 5.75 Å². The quantitative estimate of drug-likeness (QED) is 0.700. The number of benzene rings is 2. The highest BCUT2D eigenvalue weighted by Crippen LogP contribution is 2.18. The monoisotopic (exact) mass is 322 g/mol. The van der Waals surface area contributed by atoms with Crippen LogP contribution in [0.15, 0.2) is 54.7 Å². The second kappa shape index (κ2) is 7.68. The standard InChI is InChI=1S/C20H22N2O2/c1-2-16-5-3-4-6-19(16)24-14-20(23)22-11-9-15-7-8-17-10-12-21-18(17)13-15/h3-8,10,12-13,21H,2,9,11,14H2,1H3,(H,22,23). The average Bonchev–Trinajstić information content (AvgIpc) is 3.08. The van der Waals surface area contributed by atoms with Gasteiger partial charge in [0.05, 0.1) is 0 Å². The van der Waals surface area contributed by atoms with E-state index in [0.717, 1.165) is 29.7 Å². The first-order valence-electron chi connectivity index (χ1n) is 8.29. The number of nitrogens with one attached hydrogen (secondary N) is 2. The lowest BCUT2D eigenvalue weighted by Crippen LogP contribution is -2.30. The number of carbonyl (C=O) groups excluding carboxylic acids is 1. The molecule has 0 aliphatic rings. The van der Waals surface area contributed by atoms with Gasteiger partial charge >= 0.3 is 0 Å². The minimum absolute atomic E-state index is 0.0483. The lowest BCUT2D eigenvalue weighted by Gasteiger charge is -2.10. The molecular weight excluding hydrogens is 300 g/mol. The maximum atomic E-state index is 11.9. The zero-order valence-corrected chi connectivity index (χ0v) is 13.8. The summed E-state index contributed by atoms with van der Waals surface area (Å²) in [4.78, 5) is 15.1. The van der Waals surface area contributed by atoms with Crippen LogP contribution in [0.3, 0.4) is 0 Å². The van der Waals surface area contributed by atoms with Gasteiger partial charge in [-0.1, -0.05) is 37.3 Å². The van der Waals surface area contributed by atoms with Gasteiger partial charge < -0.3 is 15.0 Å². The Balaban J connectivity index is 1.45. The summed E-state index contributed by atoms with van der Waals surface area (Å²) in [6.45, 7) is 2.72. The van der Waals surface area contributed by atoms with E-state index < -0.39 is 0 Å². The smallest absolute Gasteiger partial charge is 0.257 e. The zero-order chi connectivity index (χ0) is 16.8. The number of rotatable bonds is 7. The summed E-state index contributed by atoms with van der Waals surface area (Å²) in [5.74, 6) is 0.689. The highest BCUT2D eigenvalue weighted by molar-refractivity contribution is 5.80. The van der Waals surface area contributed by atoms with E-state index in [1.165, 1.54) is 10.9 Å². The second-order valence-electron chi connectivity index (χ2n) is 5.75. The van der Waals surface area contributed by atoms with Crippen LogP contribution in [-0.2, 0) is 17.6 Å². The summed E-state index contributed by atoms with van der Waals surface area (Å²) < 4.78 is 5.62. The van der Waals surface area contributed by atoms with E-state index in [0.29, 0.717) is 6.54 Å². The van der Waals surface area contributed by atoms with Gasteiger partial charge in [-0.3, -0.25) is 4.79 Å². The zero-order valence-electron chi connectivity index (χ0n) is 13.8. The molecule has 4 nitrogen and oxygen atoms in total. The average molecular weight is 322 g/mol. The molecule has 24 heavy (non-hydrogen) atoms. The molecule has 0 saturated heterocycles. The van der Waals surface area contributed by atoms with Crippen molar-refractivity contribution in [1.29, 1.82) is 0 Å². The predicted molar refractivity (Wildman–Crippen MR) is 96.3 cm³/mol. The van der Waals surface area contributed by atoms with E-state index in [1.54, 1.807) is 0 Å². The van der Waals surface area contributed by atoms with E-state index >= 15 is 0 Å². The Morgan fingerprint density at radius 2 is 2.04 bits per heavy atom. The maximum Gasteiger partial charge on any atom is 0.257 e. The van der Waals surface area contributed by atoms with Crippen molar-refractivity contribution in [3.05, 3.63) is 65.9 Å². The van der Waals surface area contributed by atoms with Crippen LogP contribution in [0.1, 0.15) is 18.1 Å². The minimum atomic E-state index is -0.0955. The summed E-state index contributed by atoms with van der Waals surface area (Å²) in [6, 6.07) is 16.2. The normalized spacial score (nSPS) is 10.7. The number of para-hydroxylation sites is 1. The molecule has 0 bridgehead atoms. The summed E-state index contributed by atoms with van der Waals surface area (Å²) in [7, 11) is 0. The molecule has 0 radical (unpaired) electrons. The number of aryl methyl sites for hydroxylation is 1. The number of aromatic amines is 1. The molecule has 0 atom stereocenters. The first-order valence-corrected chi connectivity index (χ1v) is 8.29. The molecule has 0 spiro atoms. The number of ether oxygens (including phenoxy) is 1. The van der Waals surface area contributed by atoms with Crippen molar-refractivity contribution in [2.45, 2.75) is 19.8 Å². The predicted octanol–water partition coefficient (Wildman–Crippen LogP) is 3.47. The molecule has 0 fully saturated rings. The van der Waals surface area contributed by atoms with Crippen molar-refractivity contribution in [2.75, 3.05) is 13.2 Å². The molecular formula is C20H22N2O2. The SMILES string of the molecule is CCc1ccccc1OCC(=O)NCCc1ccc2cc[nH]c2c1. The van der Waals surface area contributed by atoms with E-state index in [4.69, 9.17) is 4.74 Å². The van der Waals surface area contributed by atoms with Gasteiger partial charge in [-0.2, -0.15) is 0 Å². The number of hydrogen-bond acceptors (Lipinski definition) is 2. The summed E-state index contributed by atoms with van der Waals surface area (Å²) in [5, 5.41) is 4.11. The molecule has 1 heterocycles. The molecule has 2 aromatic carbocycles. The van der Waals surface area contributed by atoms with Gasteiger partial charge in [-0.05, 0) is 47.6 Å². The van der Waals surface area contributed by atoms with Gasteiger partial charge in [0, 0.05) is 18.3 Å². The summed E-state index contributed by atoms with van der Waals surface area (Å²) in [5.41, 5.74) is 3.44. The van der Waals surface area contributed by atoms with Crippen molar-refractivity contribution >= 4 is 16.8 Å². The lowest BCUT2D eigenvalue weighted by atomic mass is 10.1. The number of amides is 1. The Morgan fingerprint density at radius 1 is 1.17 bits per heavy atom. The Morgan fingerprint density at radius 3 is 2.92 bits per heavy atom. The van der Waals surface area contributed by atoms with Crippen LogP contribution < -0.4 is 10.1 Å². The number of H-pyrrole nitrogens is 1. The fourth-order valence-electron chi connectivity index (χ4n) is 2.73. The highest BCUT2D eigenvalue weighted by Gasteiger charge is 2.05. The van der Waals surface area contributed by atoms with Crippen LogP contribution in [0.5, 0.6) is 5.75 Å². The topological polar surface area (TPSA) is 54.1 Å². The van der Waals surface area contributed by atoms with Crippen LogP contribution in [0.2, 0.25) is 0 Å². The fourth-order valence-corrected chi connectivity index (χ4v) is 2.73. The van der Waals surface area contributed by atoms with Crippen molar-refractivity contribution in [2.24, 2.45) is 0 Å². The first kappa shape index (κ1) is 16.1. The van der Waals surface area contributed by atoms with Crippen LogP contribution >= 0.6 is 0 Å². The molecule has 124 valence electrons. The first-order chi connectivity index (χ1) is 11.8. The number of hydrogen-bond donors (Lipinski definition) is 2. The van der Waals surface area contributed by atoms with Gasteiger partial charge in [-0.25, -0.2) is 0 Å². The second-order valence-corrected chi connectivity index (χ2v) is 5.75. The third-order valence-electron chi connectivity index (χ3n) is 4.07. The van der Waals surface area contributed by atoms with Crippen molar-refractivity contribution in [1.82, 2.24) is 10.3 Å². The molecule has 0 unspecified atom stereocenters. The fraction of sp³-hybridized carbons (Fsp3) is 0.250. The molecule has 0 aliphatic heterocycles. The summed E-state index contributed by atoms with van der Waals surface area (Å²) >= 11 is 0. The molecule has 1 amide bonds. The molecule has 3 rings (SSSR count). The summed E-state index contributed by atoms with van der Waals surface area (Å²) in [6.07, 6.45) is 3.62. The van der Waals surface area contributed by atoms with Gasteiger partial charge in [0.25, 0.3) is 5.91 Å². The number of fused-ring (bicyclic) bond motifs is 1. The van der Waals surface area contributed by atoms with E-state index in [-0.39, 0.29) is 12.5 Å². The van der Waals surface area contributed by atoms with Crippen LogP contribution in [0, 0.1) is 0 Å². The van der Waals surface area contributed by atoms with Crippen LogP contribution in [0.4, 0.5) is 0 Å². The molecule has 2 N–H and O–H groups in total. The van der Waals surface area contributed by atoms with Gasteiger partial charge in [0.2, 0.25) is 0 Å². The molecule has 4 heteroatoms. The Labute approximate surface area is 141 Å². The Bertz CT molecular complexity index is 823. The molecule has 0 aliphatic carbocycles. The van der Waals surface area contributed by atoms with Crippen LogP contribution in [0.25, 0.3) is 10.9 Å². The van der Waals surface area contributed by atoms with E-state index in [1.807, 2.05) is 36.5 Å². The maximum absolute atomic E-state index is 11.9. The highest BCUT2D eigenvalue weighted by atomic mass is 16.5. The van der Waals surface area contributed by atoms with E-state index in [2.05, 4.69) is 35.4 Å². The largest absolute Gasteiger partial charge is 0.483 e. The number of carbonyl (C=O) groups is 1. The van der Waals surface area contributed by atoms with E-state index in [9.17, 15) is 4.79 Å². The lowest BCUT2D eigenvalue weighted by molar-refractivity contribution is -0.123. The van der Waals surface area contributed by atoms with Gasteiger partial charge in [0.1, 0.15) is 5.75 Å². The van der Waals surface area contributed by atoms with Crippen molar-refractivity contribution in [3.63, 3.8) is 0 Å². The molecule has 3 aromatic rings. The van der Waals surface area contributed by atoms with Crippen LogP contribution in [-0.4, -0.2) is 24.0 Å². The minimum Gasteiger partial charge on any atom is -0.483 e. The third kappa shape index (κ3) is 3.96.